The zero-order valence-electron chi connectivity index (χ0n) is 23.6. The third-order valence-corrected chi connectivity index (χ3v) is 9.02. The molecule has 1 aliphatic carbocycles. The highest BCUT2D eigenvalue weighted by Gasteiger charge is 2.46. The maximum absolute atomic E-state index is 15.1. The van der Waals surface area contributed by atoms with E-state index in [0.29, 0.717) is 41.0 Å². The average Bonchev–Trinajstić information content (AvgIpc) is 3.37. The largest absolute Gasteiger partial charge is 0.458 e. The lowest BCUT2D eigenvalue weighted by molar-refractivity contribution is -0.172. The van der Waals surface area contributed by atoms with Crippen molar-refractivity contribution >= 4 is 28.7 Å². The van der Waals surface area contributed by atoms with Crippen molar-refractivity contribution in [3.05, 3.63) is 91.5 Å². The van der Waals surface area contributed by atoms with Crippen LogP contribution in [0.4, 0.5) is 14.9 Å². The molecule has 11 heteroatoms. The number of halogens is 1. The van der Waals surface area contributed by atoms with E-state index in [1.807, 2.05) is 0 Å². The molecule has 1 amide bonds. The number of fused-ring (bicyclic) bond motifs is 5. The zero-order chi connectivity index (χ0) is 30.2. The van der Waals surface area contributed by atoms with Crippen molar-refractivity contribution < 1.29 is 28.6 Å². The molecule has 3 aliphatic rings. The van der Waals surface area contributed by atoms with E-state index in [1.165, 1.54) is 10.6 Å². The number of anilines is 1. The minimum absolute atomic E-state index is 0.0172. The molecule has 2 aromatic heterocycles. The summed E-state index contributed by atoms with van der Waals surface area (Å²) in [6.07, 6.45) is 0.401. The molecule has 2 aliphatic heterocycles. The predicted octanol–water partition coefficient (Wildman–Crippen LogP) is 4.02. The van der Waals surface area contributed by atoms with Gasteiger partial charge in [-0.2, -0.15) is 0 Å². The number of carbonyl (C=O) groups excluding carboxylic acids is 2. The highest BCUT2D eigenvalue weighted by molar-refractivity contribution is 5.93. The van der Waals surface area contributed by atoms with Crippen molar-refractivity contribution in [1.82, 2.24) is 14.9 Å². The first-order chi connectivity index (χ1) is 20.6. The highest BCUT2D eigenvalue weighted by Crippen LogP contribution is 2.46. The number of cyclic esters (lactones) is 1. The van der Waals surface area contributed by atoms with Gasteiger partial charge >= 0.3 is 12.1 Å². The van der Waals surface area contributed by atoms with Crippen LogP contribution in [0, 0.1) is 12.7 Å². The van der Waals surface area contributed by atoms with Gasteiger partial charge in [0.15, 0.2) is 5.60 Å². The number of benzene rings is 2. The van der Waals surface area contributed by atoms with Crippen LogP contribution in [0.5, 0.6) is 0 Å². The van der Waals surface area contributed by atoms with Crippen LogP contribution in [0.1, 0.15) is 64.8 Å². The highest BCUT2D eigenvalue weighted by atomic mass is 19.1. The van der Waals surface area contributed by atoms with Crippen molar-refractivity contribution in [2.24, 2.45) is 0 Å². The number of nitrogens with two attached hydrogens (primary N) is 1. The molecule has 0 fully saturated rings. The molecular formula is C32H29FN4O6. The number of alkyl carbamates (subject to hydrolysis) is 1. The molecule has 7 rings (SSSR count). The molecule has 43 heavy (non-hydrogen) atoms. The maximum Gasteiger partial charge on any atom is 0.407 e. The first kappa shape index (κ1) is 27.1. The van der Waals surface area contributed by atoms with Crippen LogP contribution < -0.4 is 16.6 Å². The Balaban J connectivity index is 1.35. The molecule has 4 N–H and O–H groups in total. The second kappa shape index (κ2) is 9.63. The summed E-state index contributed by atoms with van der Waals surface area (Å²) < 4.78 is 27.3. The smallest absolute Gasteiger partial charge is 0.407 e. The molecule has 0 saturated heterocycles. The summed E-state index contributed by atoms with van der Waals surface area (Å²) in [5.74, 6) is -1.20. The summed E-state index contributed by atoms with van der Waals surface area (Å²) in [5, 5.41) is 15.0. The van der Waals surface area contributed by atoms with E-state index in [1.54, 1.807) is 44.2 Å². The number of aliphatic hydroxyl groups is 1. The van der Waals surface area contributed by atoms with Crippen LogP contribution in [0.15, 0.2) is 41.2 Å². The van der Waals surface area contributed by atoms with Crippen molar-refractivity contribution in [1.29, 1.82) is 0 Å². The van der Waals surface area contributed by atoms with Crippen molar-refractivity contribution in [2.45, 2.75) is 64.5 Å². The summed E-state index contributed by atoms with van der Waals surface area (Å²) >= 11 is 0. The Hall–Kier alpha value is -4.77. The number of pyridine rings is 2. The van der Waals surface area contributed by atoms with Gasteiger partial charge in [0.1, 0.15) is 19.0 Å². The zero-order valence-corrected chi connectivity index (χ0v) is 23.6. The molecule has 0 bridgehead atoms. The molecular weight excluding hydrogens is 555 g/mol. The Labute approximate surface area is 245 Å². The number of hydrogen-bond donors (Lipinski definition) is 3. The number of aryl methyl sites for hydroxylation is 1. The van der Waals surface area contributed by atoms with Gasteiger partial charge in [0.2, 0.25) is 0 Å². The Morgan fingerprint density at radius 3 is 2.74 bits per heavy atom. The van der Waals surface area contributed by atoms with Gasteiger partial charge in [0.05, 0.1) is 35.1 Å². The van der Waals surface area contributed by atoms with Gasteiger partial charge in [-0.05, 0) is 66.6 Å². The van der Waals surface area contributed by atoms with Crippen molar-refractivity contribution in [3.8, 4) is 11.4 Å². The normalized spacial score (nSPS) is 19.8. The summed E-state index contributed by atoms with van der Waals surface area (Å²) in [6.45, 7) is 3.33. The molecule has 4 aromatic rings. The van der Waals surface area contributed by atoms with Gasteiger partial charge in [-0.15, -0.1) is 0 Å². The number of nitrogen functional groups attached to an aromatic ring is 1. The Kier molecular flexibility index (Phi) is 6.07. The molecule has 220 valence electrons. The van der Waals surface area contributed by atoms with E-state index in [-0.39, 0.29) is 43.1 Å². The van der Waals surface area contributed by atoms with Crippen LogP contribution in [0.3, 0.4) is 0 Å². The summed E-state index contributed by atoms with van der Waals surface area (Å²) in [4.78, 5) is 44.2. The maximum atomic E-state index is 15.1. The number of nitrogens with one attached hydrogen (secondary N) is 1. The summed E-state index contributed by atoms with van der Waals surface area (Å²) in [5.41, 5.74) is 9.25. The lowest BCUT2D eigenvalue weighted by atomic mass is 9.81. The van der Waals surface area contributed by atoms with Crippen LogP contribution in [0.2, 0.25) is 0 Å². The fraction of sp³-hybridized carbons (Fsp3) is 0.312. The number of aromatic nitrogens is 2. The molecule has 0 spiro atoms. The predicted molar refractivity (Wildman–Crippen MR) is 154 cm³/mol. The Morgan fingerprint density at radius 1 is 1.23 bits per heavy atom. The molecule has 0 saturated carbocycles. The topological polar surface area (TPSA) is 146 Å². The molecule has 0 radical (unpaired) electrons. The number of ether oxygens (including phenoxy) is 2. The first-order valence-corrected chi connectivity index (χ1v) is 14.2. The third-order valence-electron chi connectivity index (χ3n) is 9.02. The van der Waals surface area contributed by atoms with Gasteiger partial charge in [-0.1, -0.05) is 19.1 Å². The van der Waals surface area contributed by atoms with Crippen molar-refractivity contribution in [3.63, 3.8) is 0 Å². The lowest BCUT2D eigenvalue weighted by Crippen LogP contribution is -2.44. The van der Waals surface area contributed by atoms with Gasteiger partial charge in [0.25, 0.3) is 5.56 Å². The number of carbonyl (C=O) groups is 2. The van der Waals surface area contributed by atoms with E-state index >= 15 is 4.39 Å². The van der Waals surface area contributed by atoms with Gasteiger partial charge < -0.3 is 30.2 Å². The molecule has 10 nitrogen and oxygen atoms in total. The number of esters is 1. The molecule has 2 atom stereocenters. The SMILES string of the molecule is CC[C@@]1(O)C(=O)OCc2c1cc1n(c2=O)Cc2c-1nc1cc(F)c(C)c3c1c2[C@@H](NC(=O)OCc1ccc(N)cc1)CC3. The minimum atomic E-state index is -1.97. The first-order valence-electron chi connectivity index (χ1n) is 14.2. The molecule has 2 aromatic carbocycles. The number of hydrogen-bond acceptors (Lipinski definition) is 8. The molecule has 0 unspecified atom stereocenters. The van der Waals surface area contributed by atoms with Crippen LogP contribution in [-0.2, 0) is 46.0 Å². The number of nitrogens with zero attached hydrogens (tertiary/aromatic N) is 2. The second-order valence-corrected chi connectivity index (χ2v) is 11.4. The van der Waals surface area contributed by atoms with E-state index in [4.69, 9.17) is 20.2 Å². The van der Waals surface area contributed by atoms with E-state index in [0.717, 1.165) is 27.6 Å². The fourth-order valence-electron chi connectivity index (χ4n) is 6.65. The standard InChI is InChI=1S/C32H29FN4O6/c1-3-32(41)21-10-25-28-19(12-37(25)29(38)20(21)14-42-30(32)39)27-23(36-31(40)43-13-16-4-6-17(34)7-5-16)9-8-18-15(2)22(33)11-24(35-28)26(18)27/h4-7,10-11,23,41H,3,8-9,12-14,34H2,1-2H3,(H,36,40)/t23-,32-/m0/s1. The van der Waals surface area contributed by atoms with Gasteiger partial charge in [-0.3, -0.25) is 4.79 Å². The van der Waals surface area contributed by atoms with Crippen LogP contribution >= 0.6 is 0 Å². The van der Waals surface area contributed by atoms with Gasteiger partial charge in [-0.25, -0.2) is 19.0 Å². The molecule has 4 heterocycles. The van der Waals surface area contributed by atoms with Crippen molar-refractivity contribution in [2.75, 3.05) is 5.73 Å². The average molecular weight is 585 g/mol. The minimum Gasteiger partial charge on any atom is -0.458 e. The van der Waals surface area contributed by atoms with E-state index in [9.17, 15) is 19.5 Å². The third kappa shape index (κ3) is 4.02. The van der Waals surface area contributed by atoms with E-state index < -0.39 is 29.3 Å². The van der Waals surface area contributed by atoms with Gasteiger partial charge in [0, 0.05) is 28.3 Å². The van der Waals surface area contributed by atoms with Crippen LogP contribution in [0.25, 0.3) is 22.3 Å². The fourth-order valence-corrected chi connectivity index (χ4v) is 6.65. The van der Waals surface area contributed by atoms with Crippen LogP contribution in [-0.4, -0.2) is 26.7 Å². The monoisotopic (exact) mass is 584 g/mol. The van der Waals surface area contributed by atoms with E-state index in [2.05, 4.69) is 5.32 Å². The quantitative estimate of drug-likeness (QED) is 0.212. The number of amides is 1. The Morgan fingerprint density at radius 2 is 2.00 bits per heavy atom. The number of rotatable bonds is 4. The lowest BCUT2D eigenvalue weighted by Gasteiger charge is -2.31. The second-order valence-electron chi connectivity index (χ2n) is 11.4. The summed E-state index contributed by atoms with van der Waals surface area (Å²) in [6, 6.07) is 9.52. The Bertz CT molecular complexity index is 1940. The summed E-state index contributed by atoms with van der Waals surface area (Å²) in [7, 11) is 0.